The molecule has 2 amide bonds. The standard InChI is InChI=1S/C18H21F3N2O3/c1-4-6-13-14(16(24)26-5-2)15(22-17(25)23(13)3)11-7-9-12(10-8-11)18(19,20)21/h7-10,15H,4-6H2,1-3H3,(H,22,25)/t15-/m1/s1. The van der Waals surface area contributed by atoms with Crippen LogP contribution in [0, 0.1) is 0 Å². The molecule has 0 saturated heterocycles. The molecule has 8 heteroatoms. The number of nitrogens with zero attached hydrogens (tertiary/aromatic N) is 1. The molecule has 0 fully saturated rings. The van der Waals surface area contributed by atoms with Crippen LogP contribution in [0.4, 0.5) is 18.0 Å². The SMILES string of the molecule is CCCC1=C(C(=O)OCC)[C@@H](c2ccc(C(F)(F)F)cc2)NC(=O)N1C. The topological polar surface area (TPSA) is 58.6 Å². The third kappa shape index (κ3) is 4.00. The number of nitrogens with one attached hydrogen (secondary N) is 1. The maximum Gasteiger partial charge on any atom is 0.416 e. The number of amides is 2. The smallest absolute Gasteiger partial charge is 0.416 e. The predicted octanol–water partition coefficient (Wildman–Crippen LogP) is 4.02. The van der Waals surface area contributed by atoms with Crippen LogP contribution in [0.5, 0.6) is 0 Å². The number of ether oxygens (including phenoxy) is 1. The van der Waals surface area contributed by atoms with Gasteiger partial charge >= 0.3 is 18.2 Å². The van der Waals surface area contributed by atoms with Gasteiger partial charge in [0.15, 0.2) is 0 Å². The maximum atomic E-state index is 12.8. The monoisotopic (exact) mass is 370 g/mol. The quantitative estimate of drug-likeness (QED) is 0.797. The highest BCUT2D eigenvalue weighted by Gasteiger charge is 2.37. The lowest BCUT2D eigenvalue weighted by Crippen LogP contribution is -2.46. The second-order valence-corrected chi connectivity index (χ2v) is 5.89. The summed E-state index contributed by atoms with van der Waals surface area (Å²) in [5.74, 6) is -0.590. The average Bonchev–Trinajstić information content (AvgIpc) is 2.58. The molecule has 1 aromatic rings. The third-order valence-corrected chi connectivity index (χ3v) is 4.13. The number of halogens is 3. The first-order valence-electron chi connectivity index (χ1n) is 8.32. The summed E-state index contributed by atoms with van der Waals surface area (Å²) in [4.78, 5) is 26.1. The second kappa shape index (κ2) is 7.80. The molecule has 0 unspecified atom stereocenters. The first-order valence-corrected chi connectivity index (χ1v) is 8.32. The van der Waals surface area contributed by atoms with E-state index in [9.17, 15) is 22.8 Å². The molecule has 0 aromatic heterocycles. The molecule has 0 saturated carbocycles. The largest absolute Gasteiger partial charge is 0.463 e. The highest BCUT2D eigenvalue weighted by molar-refractivity contribution is 5.95. The van der Waals surface area contributed by atoms with E-state index in [4.69, 9.17) is 4.74 Å². The molecule has 0 spiro atoms. The van der Waals surface area contributed by atoms with Gasteiger partial charge in [0.05, 0.1) is 23.8 Å². The Morgan fingerprint density at radius 2 is 1.85 bits per heavy atom. The van der Waals surface area contributed by atoms with Crippen LogP contribution in [0.3, 0.4) is 0 Å². The van der Waals surface area contributed by atoms with Crippen molar-refractivity contribution in [3.8, 4) is 0 Å². The summed E-state index contributed by atoms with van der Waals surface area (Å²) in [6.45, 7) is 3.72. The number of carbonyl (C=O) groups is 2. The molecule has 1 N–H and O–H groups in total. The van der Waals surface area contributed by atoms with Crippen LogP contribution in [-0.2, 0) is 15.7 Å². The molecule has 0 radical (unpaired) electrons. The van der Waals surface area contributed by atoms with Crippen LogP contribution < -0.4 is 5.32 Å². The maximum absolute atomic E-state index is 12.8. The number of esters is 1. The molecule has 5 nitrogen and oxygen atoms in total. The van der Waals surface area contributed by atoms with E-state index in [0.29, 0.717) is 24.1 Å². The molecule has 1 aliphatic rings. The van der Waals surface area contributed by atoms with Gasteiger partial charge in [-0.15, -0.1) is 0 Å². The Morgan fingerprint density at radius 3 is 2.35 bits per heavy atom. The minimum Gasteiger partial charge on any atom is -0.463 e. The number of alkyl halides is 3. The number of hydrogen-bond acceptors (Lipinski definition) is 3. The Labute approximate surface area is 149 Å². The van der Waals surface area contributed by atoms with Gasteiger partial charge in [-0.05, 0) is 31.0 Å². The number of carbonyl (C=O) groups excluding carboxylic acids is 2. The summed E-state index contributed by atoms with van der Waals surface area (Å²) in [7, 11) is 1.54. The Hall–Kier alpha value is -2.51. The highest BCUT2D eigenvalue weighted by atomic mass is 19.4. The van der Waals surface area contributed by atoms with Gasteiger partial charge in [-0.2, -0.15) is 13.2 Å². The second-order valence-electron chi connectivity index (χ2n) is 5.89. The fraction of sp³-hybridized carbons (Fsp3) is 0.444. The fourth-order valence-corrected chi connectivity index (χ4v) is 2.86. The van der Waals surface area contributed by atoms with Gasteiger partial charge in [0.1, 0.15) is 0 Å². The van der Waals surface area contributed by atoms with E-state index in [1.807, 2.05) is 6.92 Å². The van der Waals surface area contributed by atoms with Gasteiger partial charge in [-0.1, -0.05) is 25.5 Å². The van der Waals surface area contributed by atoms with Crippen LogP contribution in [0.25, 0.3) is 0 Å². The minimum atomic E-state index is -4.46. The molecule has 26 heavy (non-hydrogen) atoms. The molecular weight excluding hydrogens is 349 g/mol. The van der Waals surface area contributed by atoms with Crippen molar-refractivity contribution >= 4 is 12.0 Å². The predicted molar refractivity (Wildman–Crippen MR) is 89.0 cm³/mol. The van der Waals surface area contributed by atoms with Crippen LogP contribution >= 0.6 is 0 Å². The number of allylic oxidation sites excluding steroid dienone is 1. The molecule has 0 aliphatic carbocycles. The van der Waals surface area contributed by atoms with Crippen molar-refractivity contribution in [1.82, 2.24) is 10.2 Å². The van der Waals surface area contributed by atoms with E-state index >= 15 is 0 Å². The van der Waals surface area contributed by atoms with Crippen LogP contribution in [0.15, 0.2) is 35.5 Å². The molecule has 2 rings (SSSR count). The number of benzene rings is 1. The number of urea groups is 1. The molecule has 1 atom stereocenters. The summed E-state index contributed by atoms with van der Waals surface area (Å²) < 4.78 is 43.5. The molecule has 1 heterocycles. The van der Waals surface area contributed by atoms with Crippen molar-refractivity contribution in [1.29, 1.82) is 0 Å². The Balaban J connectivity index is 2.52. The van der Waals surface area contributed by atoms with E-state index in [2.05, 4.69) is 5.32 Å². The van der Waals surface area contributed by atoms with Gasteiger partial charge in [0.25, 0.3) is 0 Å². The first-order chi connectivity index (χ1) is 12.2. The lowest BCUT2D eigenvalue weighted by Gasteiger charge is -2.34. The van der Waals surface area contributed by atoms with Crippen molar-refractivity contribution < 1.29 is 27.5 Å². The van der Waals surface area contributed by atoms with E-state index in [1.54, 1.807) is 14.0 Å². The van der Waals surface area contributed by atoms with Crippen molar-refractivity contribution in [3.63, 3.8) is 0 Å². The molecule has 142 valence electrons. The van der Waals surface area contributed by atoms with Gasteiger partial charge in [0.2, 0.25) is 0 Å². The average molecular weight is 370 g/mol. The number of hydrogen-bond donors (Lipinski definition) is 1. The van der Waals surface area contributed by atoms with Crippen LogP contribution in [-0.4, -0.2) is 30.6 Å². The van der Waals surface area contributed by atoms with Crippen molar-refractivity contribution in [2.24, 2.45) is 0 Å². The molecule has 0 bridgehead atoms. The van der Waals surface area contributed by atoms with E-state index in [1.165, 1.54) is 17.0 Å². The Kier molecular flexibility index (Phi) is 5.94. The normalized spacial score (nSPS) is 18.0. The third-order valence-electron chi connectivity index (χ3n) is 4.13. The van der Waals surface area contributed by atoms with Crippen molar-refractivity contribution in [2.45, 2.75) is 38.9 Å². The fourth-order valence-electron chi connectivity index (χ4n) is 2.86. The van der Waals surface area contributed by atoms with E-state index in [-0.39, 0.29) is 12.2 Å². The molecule has 1 aromatic carbocycles. The summed E-state index contributed by atoms with van der Waals surface area (Å²) in [6, 6.07) is 3.11. The first kappa shape index (κ1) is 19.8. The Bertz CT molecular complexity index is 711. The van der Waals surface area contributed by atoms with Crippen molar-refractivity contribution in [2.75, 3.05) is 13.7 Å². The van der Waals surface area contributed by atoms with Gasteiger partial charge in [-0.25, -0.2) is 9.59 Å². The lowest BCUT2D eigenvalue weighted by atomic mass is 9.92. The molecular formula is C18H21F3N2O3. The zero-order chi connectivity index (χ0) is 19.5. The van der Waals surface area contributed by atoms with E-state index < -0.39 is 29.8 Å². The number of rotatable bonds is 5. The lowest BCUT2D eigenvalue weighted by molar-refractivity contribution is -0.139. The Morgan fingerprint density at radius 1 is 1.23 bits per heavy atom. The summed E-state index contributed by atoms with van der Waals surface area (Å²) in [5.41, 5.74) is 0.349. The van der Waals surface area contributed by atoms with Gasteiger partial charge in [0, 0.05) is 12.7 Å². The van der Waals surface area contributed by atoms with Gasteiger partial charge < -0.3 is 15.0 Å². The van der Waals surface area contributed by atoms with Crippen LogP contribution in [0.2, 0.25) is 0 Å². The summed E-state index contributed by atoms with van der Waals surface area (Å²) in [5, 5.41) is 2.67. The van der Waals surface area contributed by atoms with E-state index in [0.717, 1.165) is 12.1 Å². The molecule has 1 aliphatic heterocycles. The van der Waals surface area contributed by atoms with Gasteiger partial charge in [-0.3, -0.25) is 0 Å². The minimum absolute atomic E-state index is 0.152. The zero-order valence-electron chi connectivity index (χ0n) is 14.8. The van der Waals surface area contributed by atoms with Crippen LogP contribution in [0.1, 0.15) is 43.9 Å². The highest BCUT2D eigenvalue weighted by Crippen LogP contribution is 2.35. The van der Waals surface area contributed by atoms with Crippen molar-refractivity contribution in [3.05, 3.63) is 46.7 Å². The zero-order valence-corrected chi connectivity index (χ0v) is 14.8. The summed E-state index contributed by atoms with van der Waals surface area (Å²) in [6.07, 6.45) is -3.30. The summed E-state index contributed by atoms with van der Waals surface area (Å²) >= 11 is 0.